The van der Waals surface area contributed by atoms with Crippen LogP contribution in [0.4, 0.5) is 9.18 Å². The molecule has 6 heteroatoms. The third kappa shape index (κ3) is 3.21. The molecule has 2 aliphatic rings. The molecule has 1 aromatic carbocycles. The molecule has 2 fully saturated rings. The molecule has 0 heterocycles. The quantitative estimate of drug-likeness (QED) is 0.800. The maximum atomic E-state index is 13.9. The number of amides is 2. The average molecular weight is 306 g/mol. The Balaban J connectivity index is 1.70. The van der Waals surface area contributed by atoms with Gasteiger partial charge in [-0.05, 0) is 37.0 Å². The van der Waals surface area contributed by atoms with Crippen LogP contribution in [0.15, 0.2) is 18.2 Å². The highest BCUT2D eigenvalue weighted by Crippen LogP contribution is 2.41. The van der Waals surface area contributed by atoms with Gasteiger partial charge in [-0.3, -0.25) is 4.79 Å². The minimum absolute atomic E-state index is 0.0229. The van der Waals surface area contributed by atoms with Crippen LogP contribution in [0, 0.1) is 5.82 Å². The summed E-state index contributed by atoms with van der Waals surface area (Å²) in [6.45, 7) is 0. The lowest BCUT2D eigenvalue weighted by Crippen LogP contribution is -2.33. The molecule has 3 N–H and O–H groups in total. The summed E-state index contributed by atoms with van der Waals surface area (Å²) < 4.78 is 13.9. The summed E-state index contributed by atoms with van der Waals surface area (Å²) >= 11 is 0. The first-order valence-corrected chi connectivity index (χ1v) is 7.64. The molecule has 118 valence electrons. The van der Waals surface area contributed by atoms with E-state index in [1.165, 1.54) is 6.07 Å². The van der Waals surface area contributed by atoms with Crippen LogP contribution in [-0.2, 0) is 0 Å². The van der Waals surface area contributed by atoms with Crippen LogP contribution in [-0.4, -0.2) is 29.2 Å². The van der Waals surface area contributed by atoms with Crippen molar-refractivity contribution in [1.82, 2.24) is 10.6 Å². The summed E-state index contributed by atoms with van der Waals surface area (Å²) in [5.74, 6) is -0.896. The summed E-state index contributed by atoms with van der Waals surface area (Å²) in [5.41, 5.74) is 0.849. The molecule has 0 spiro atoms. The van der Waals surface area contributed by atoms with Gasteiger partial charge in [-0.2, -0.15) is 0 Å². The number of carbonyl (C=O) groups excluding carboxylic acids is 1. The van der Waals surface area contributed by atoms with Gasteiger partial charge >= 0.3 is 6.09 Å². The van der Waals surface area contributed by atoms with E-state index in [9.17, 15) is 14.0 Å². The van der Waals surface area contributed by atoms with Crippen molar-refractivity contribution in [2.24, 2.45) is 0 Å². The minimum Gasteiger partial charge on any atom is -0.465 e. The van der Waals surface area contributed by atoms with Gasteiger partial charge in [-0.1, -0.05) is 18.9 Å². The summed E-state index contributed by atoms with van der Waals surface area (Å²) in [6.07, 6.45) is 3.70. The molecule has 1 aromatic rings. The van der Waals surface area contributed by atoms with Crippen LogP contribution in [0.1, 0.15) is 53.9 Å². The van der Waals surface area contributed by atoms with Crippen LogP contribution < -0.4 is 10.6 Å². The van der Waals surface area contributed by atoms with Gasteiger partial charge in [-0.25, -0.2) is 9.18 Å². The summed E-state index contributed by atoms with van der Waals surface area (Å²) in [4.78, 5) is 22.8. The average Bonchev–Trinajstić information content (AvgIpc) is 3.02. The number of rotatable bonds is 4. The number of halogens is 1. The molecule has 0 radical (unpaired) electrons. The molecule has 2 atom stereocenters. The first-order valence-electron chi connectivity index (χ1n) is 7.64. The molecule has 0 aromatic heterocycles. The van der Waals surface area contributed by atoms with Crippen molar-refractivity contribution in [1.29, 1.82) is 0 Å². The number of carbonyl (C=O) groups is 2. The van der Waals surface area contributed by atoms with E-state index in [1.807, 2.05) is 0 Å². The lowest BCUT2D eigenvalue weighted by molar-refractivity contribution is 0.0933. The largest absolute Gasteiger partial charge is 0.465 e. The Morgan fingerprint density at radius 3 is 2.59 bits per heavy atom. The van der Waals surface area contributed by atoms with Crippen LogP contribution >= 0.6 is 0 Å². The molecule has 22 heavy (non-hydrogen) atoms. The van der Waals surface area contributed by atoms with Crippen molar-refractivity contribution in [2.75, 3.05) is 0 Å². The van der Waals surface area contributed by atoms with Crippen LogP contribution in [0.2, 0.25) is 0 Å². The van der Waals surface area contributed by atoms with Crippen molar-refractivity contribution >= 4 is 12.0 Å². The lowest BCUT2D eigenvalue weighted by atomic mass is 10.0. The Morgan fingerprint density at radius 2 is 1.91 bits per heavy atom. The van der Waals surface area contributed by atoms with Crippen LogP contribution in [0.25, 0.3) is 0 Å². The van der Waals surface area contributed by atoms with Crippen LogP contribution in [0.5, 0.6) is 0 Å². The third-order valence-corrected chi connectivity index (χ3v) is 4.45. The van der Waals surface area contributed by atoms with Crippen molar-refractivity contribution in [2.45, 2.75) is 50.1 Å². The highest BCUT2D eigenvalue weighted by Gasteiger charge is 2.40. The van der Waals surface area contributed by atoms with E-state index < -0.39 is 11.9 Å². The second kappa shape index (κ2) is 5.94. The van der Waals surface area contributed by atoms with Gasteiger partial charge in [0.25, 0.3) is 5.91 Å². The van der Waals surface area contributed by atoms with E-state index in [1.54, 1.807) is 12.1 Å². The first-order chi connectivity index (χ1) is 10.5. The smallest absolute Gasteiger partial charge is 0.404 e. The molecule has 2 aliphatic carbocycles. The predicted octanol–water partition coefficient (Wildman–Crippen LogP) is 2.62. The number of hydrogen-bond donors (Lipinski definition) is 3. The fourth-order valence-electron chi connectivity index (χ4n) is 3.16. The fourth-order valence-corrected chi connectivity index (χ4v) is 3.16. The predicted molar refractivity (Wildman–Crippen MR) is 78.4 cm³/mol. The zero-order valence-corrected chi connectivity index (χ0v) is 12.1. The van der Waals surface area contributed by atoms with Gasteiger partial charge in [0.2, 0.25) is 0 Å². The lowest BCUT2D eigenvalue weighted by Gasteiger charge is -2.13. The van der Waals surface area contributed by atoms with Crippen molar-refractivity contribution < 1.29 is 19.1 Å². The molecule has 3 rings (SSSR count). The molecular formula is C16H19FN2O3. The standard InChI is InChI=1S/C16H19FN2O3/c17-13-6-5-9(11-8-14(11)19-16(21)22)7-12(13)15(20)18-10-3-1-2-4-10/h5-7,10-11,14,19H,1-4,8H2,(H,18,20)(H,21,22). The van der Waals surface area contributed by atoms with E-state index in [0.29, 0.717) is 6.42 Å². The van der Waals surface area contributed by atoms with Gasteiger partial charge in [0.05, 0.1) is 5.56 Å². The Hall–Kier alpha value is -2.11. The topological polar surface area (TPSA) is 78.4 Å². The van der Waals surface area contributed by atoms with Crippen molar-refractivity contribution in [3.8, 4) is 0 Å². The number of nitrogens with one attached hydrogen (secondary N) is 2. The van der Waals surface area contributed by atoms with E-state index in [-0.39, 0.29) is 29.5 Å². The Kier molecular flexibility index (Phi) is 4.00. The zero-order valence-electron chi connectivity index (χ0n) is 12.1. The maximum Gasteiger partial charge on any atom is 0.404 e. The molecule has 0 bridgehead atoms. The highest BCUT2D eigenvalue weighted by molar-refractivity contribution is 5.95. The molecule has 2 unspecified atom stereocenters. The van der Waals surface area contributed by atoms with E-state index >= 15 is 0 Å². The number of benzene rings is 1. The third-order valence-electron chi connectivity index (χ3n) is 4.45. The maximum absolute atomic E-state index is 13.9. The Labute approximate surface area is 127 Å². The van der Waals surface area contributed by atoms with Crippen molar-refractivity contribution in [3.05, 3.63) is 35.1 Å². The summed E-state index contributed by atoms with van der Waals surface area (Å²) in [5, 5.41) is 14.0. The monoisotopic (exact) mass is 306 g/mol. The number of hydrogen-bond acceptors (Lipinski definition) is 2. The van der Waals surface area contributed by atoms with E-state index in [0.717, 1.165) is 31.2 Å². The minimum atomic E-state index is -1.06. The van der Waals surface area contributed by atoms with E-state index in [2.05, 4.69) is 10.6 Å². The SMILES string of the molecule is O=C(O)NC1CC1c1ccc(F)c(C(=O)NC2CCCC2)c1. The second-order valence-electron chi connectivity index (χ2n) is 6.09. The van der Waals surface area contributed by atoms with Crippen molar-refractivity contribution in [3.63, 3.8) is 0 Å². The summed E-state index contributed by atoms with van der Waals surface area (Å²) in [6, 6.07) is 4.45. The Bertz CT molecular complexity index is 599. The molecule has 5 nitrogen and oxygen atoms in total. The zero-order chi connectivity index (χ0) is 15.7. The van der Waals surface area contributed by atoms with Crippen LogP contribution in [0.3, 0.4) is 0 Å². The van der Waals surface area contributed by atoms with Gasteiger partial charge in [0.1, 0.15) is 5.82 Å². The van der Waals surface area contributed by atoms with E-state index in [4.69, 9.17) is 5.11 Å². The van der Waals surface area contributed by atoms with Gasteiger partial charge in [0.15, 0.2) is 0 Å². The summed E-state index contributed by atoms with van der Waals surface area (Å²) in [7, 11) is 0. The van der Waals surface area contributed by atoms with Gasteiger partial charge in [0, 0.05) is 18.0 Å². The molecular weight excluding hydrogens is 287 g/mol. The molecule has 2 amide bonds. The normalized spacial score (nSPS) is 24.0. The van der Waals surface area contributed by atoms with Gasteiger partial charge in [-0.15, -0.1) is 0 Å². The fraction of sp³-hybridized carbons (Fsp3) is 0.500. The highest BCUT2D eigenvalue weighted by atomic mass is 19.1. The molecule has 0 saturated heterocycles. The molecule has 2 saturated carbocycles. The van der Waals surface area contributed by atoms with Gasteiger partial charge < -0.3 is 15.7 Å². The first kappa shape index (κ1) is 14.8. The second-order valence-corrected chi connectivity index (χ2v) is 6.09. The Morgan fingerprint density at radius 1 is 1.18 bits per heavy atom. The number of carboxylic acid groups (broad SMARTS) is 1. The molecule has 0 aliphatic heterocycles.